The molecule has 0 fully saturated rings. The van der Waals surface area contributed by atoms with Crippen LogP contribution in [0.25, 0.3) is 0 Å². The molecule has 1 N–H and O–H groups in total. The first kappa shape index (κ1) is 11.5. The van der Waals surface area contributed by atoms with Gasteiger partial charge in [0, 0.05) is 17.1 Å². The van der Waals surface area contributed by atoms with Gasteiger partial charge in [-0.3, -0.25) is 4.98 Å². The van der Waals surface area contributed by atoms with Gasteiger partial charge in [0.2, 0.25) is 0 Å². The van der Waals surface area contributed by atoms with Gasteiger partial charge in [-0.25, -0.2) is 13.2 Å². The highest BCUT2D eigenvalue weighted by Crippen LogP contribution is 2.27. The summed E-state index contributed by atoms with van der Waals surface area (Å²) in [5, 5.41) is 8.79. The van der Waals surface area contributed by atoms with Crippen LogP contribution >= 0.6 is 15.9 Å². The number of rotatable bonds is 3. The van der Waals surface area contributed by atoms with Crippen LogP contribution in [0.2, 0.25) is 0 Å². The number of aliphatic hydroxyl groups is 1. The number of nitrogens with zero attached hydrogens (tertiary/aromatic N) is 1. The Bertz CT molecular complexity index is 333. The lowest BCUT2D eigenvalue weighted by atomic mass is 10.1. The second kappa shape index (κ2) is 4.75. The third-order valence-electron chi connectivity index (χ3n) is 1.72. The molecule has 0 amide bonds. The second-order valence-corrected chi connectivity index (χ2v) is 3.11. The molecule has 2 nitrogen and oxygen atoms in total. The number of aromatic nitrogens is 1. The van der Waals surface area contributed by atoms with Crippen LogP contribution in [0.3, 0.4) is 0 Å². The van der Waals surface area contributed by atoms with Crippen LogP contribution in [0.15, 0.2) is 6.20 Å². The van der Waals surface area contributed by atoms with E-state index in [2.05, 4.69) is 20.9 Å². The molecular weight excluding hydrogens is 263 g/mol. The summed E-state index contributed by atoms with van der Waals surface area (Å²) in [4.78, 5) is 3.55. The van der Waals surface area contributed by atoms with Gasteiger partial charge in [-0.2, -0.15) is 0 Å². The molecule has 0 saturated carbocycles. The van der Waals surface area contributed by atoms with Gasteiger partial charge < -0.3 is 5.11 Å². The quantitative estimate of drug-likeness (QED) is 0.856. The predicted molar refractivity (Wildman–Crippen MR) is 47.7 cm³/mol. The Morgan fingerprint density at radius 2 is 2.14 bits per heavy atom. The van der Waals surface area contributed by atoms with Crippen molar-refractivity contribution in [3.05, 3.63) is 28.8 Å². The molecule has 0 saturated heterocycles. The first-order chi connectivity index (χ1) is 6.61. The van der Waals surface area contributed by atoms with Gasteiger partial charge in [0.15, 0.2) is 0 Å². The summed E-state index contributed by atoms with van der Waals surface area (Å²) in [7, 11) is 0. The normalized spacial score (nSPS) is 11.0. The standard InChI is InChI=1S/C8H7BrF3NO/c9-1-4-2-13-5(3-14)6(7(4)10)8(11)12/h2,8,14H,1,3H2. The average Bonchev–Trinajstić information content (AvgIpc) is 2.16. The molecule has 0 aliphatic rings. The van der Waals surface area contributed by atoms with E-state index in [-0.39, 0.29) is 16.6 Å². The van der Waals surface area contributed by atoms with Gasteiger partial charge in [0.05, 0.1) is 17.9 Å². The Balaban J connectivity index is 3.31. The Kier molecular flexibility index (Phi) is 3.88. The van der Waals surface area contributed by atoms with Crippen LogP contribution < -0.4 is 0 Å². The highest BCUT2D eigenvalue weighted by Gasteiger charge is 2.21. The lowest BCUT2D eigenvalue weighted by molar-refractivity contribution is 0.140. The molecule has 0 atom stereocenters. The summed E-state index contributed by atoms with van der Waals surface area (Å²) in [5.41, 5.74) is -1.08. The minimum absolute atomic E-state index is 0.0532. The molecule has 0 aromatic carbocycles. The van der Waals surface area contributed by atoms with E-state index in [1.165, 1.54) is 0 Å². The van der Waals surface area contributed by atoms with Crippen molar-refractivity contribution in [1.82, 2.24) is 4.98 Å². The van der Waals surface area contributed by atoms with E-state index in [1.807, 2.05) is 0 Å². The molecule has 0 unspecified atom stereocenters. The largest absolute Gasteiger partial charge is 0.390 e. The van der Waals surface area contributed by atoms with Crippen LogP contribution in [-0.2, 0) is 11.9 Å². The zero-order chi connectivity index (χ0) is 10.7. The minimum atomic E-state index is -2.97. The summed E-state index contributed by atoms with van der Waals surface area (Å²) in [5.74, 6) is -1.00. The Labute approximate surface area is 86.9 Å². The van der Waals surface area contributed by atoms with Gasteiger partial charge in [-0.05, 0) is 0 Å². The molecule has 0 bridgehead atoms. The highest BCUT2D eigenvalue weighted by molar-refractivity contribution is 9.08. The summed E-state index contributed by atoms with van der Waals surface area (Å²) in [6.45, 7) is -0.695. The fourth-order valence-corrected chi connectivity index (χ4v) is 1.41. The molecule has 0 aliphatic heterocycles. The first-order valence-corrected chi connectivity index (χ1v) is 4.85. The van der Waals surface area contributed by atoms with E-state index in [9.17, 15) is 13.2 Å². The maximum Gasteiger partial charge on any atom is 0.268 e. The van der Waals surface area contributed by atoms with Crippen LogP contribution in [-0.4, -0.2) is 10.1 Å². The van der Waals surface area contributed by atoms with E-state index in [1.54, 1.807) is 0 Å². The topological polar surface area (TPSA) is 33.1 Å². The minimum Gasteiger partial charge on any atom is -0.390 e. The van der Waals surface area contributed by atoms with Gasteiger partial charge in [0.1, 0.15) is 5.82 Å². The molecule has 0 aliphatic carbocycles. The van der Waals surface area contributed by atoms with Crippen molar-refractivity contribution >= 4 is 15.9 Å². The number of pyridine rings is 1. The van der Waals surface area contributed by atoms with E-state index in [0.717, 1.165) is 6.20 Å². The van der Waals surface area contributed by atoms with Gasteiger partial charge >= 0.3 is 0 Å². The Morgan fingerprint density at radius 3 is 2.57 bits per heavy atom. The maximum atomic E-state index is 13.3. The van der Waals surface area contributed by atoms with E-state index in [4.69, 9.17) is 5.11 Å². The fourth-order valence-electron chi connectivity index (χ4n) is 1.02. The molecule has 0 radical (unpaired) electrons. The van der Waals surface area contributed by atoms with Crippen LogP contribution in [0.1, 0.15) is 23.2 Å². The van der Waals surface area contributed by atoms with E-state index >= 15 is 0 Å². The van der Waals surface area contributed by atoms with Crippen molar-refractivity contribution in [3.8, 4) is 0 Å². The summed E-state index contributed by atoms with van der Waals surface area (Å²) in [6, 6.07) is 0. The van der Waals surface area contributed by atoms with Crippen LogP contribution in [0.5, 0.6) is 0 Å². The van der Waals surface area contributed by atoms with Crippen LogP contribution in [0.4, 0.5) is 13.2 Å². The summed E-state index contributed by atoms with van der Waals surface area (Å²) in [6.07, 6.45) is -1.84. The molecule has 1 heterocycles. The molecule has 6 heteroatoms. The number of hydrogen-bond acceptors (Lipinski definition) is 2. The van der Waals surface area contributed by atoms with Gasteiger partial charge in [-0.1, -0.05) is 15.9 Å². The Hall–Kier alpha value is -0.620. The molecule has 1 aromatic rings. The SMILES string of the molecule is OCc1ncc(CBr)c(F)c1C(F)F. The van der Waals surface area contributed by atoms with Crippen molar-refractivity contribution in [3.63, 3.8) is 0 Å². The Morgan fingerprint density at radius 1 is 1.50 bits per heavy atom. The molecule has 0 spiro atoms. The molecule has 1 aromatic heterocycles. The lowest BCUT2D eigenvalue weighted by Crippen LogP contribution is -2.05. The number of hydrogen-bond donors (Lipinski definition) is 1. The third kappa shape index (κ3) is 2.06. The second-order valence-electron chi connectivity index (χ2n) is 2.55. The molecule has 1 rings (SSSR count). The van der Waals surface area contributed by atoms with Crippen molar-refractivity contribution in [2.75, 3.05) is 0 Å². The fraction of sp³-hybridized carbons (Fsp3) is 0.375. The molecule has 78 valence electrons. The number of aliphatic hydroxyl groups excluding tert-OH is 1. The third-order valence-corrected chi connectivity index (χ3v) is 2.32. The summed E-state index contributed by atoms with van der Waals surface area (Å²) >= 11 is 2.95. The zero-order valence-corrected chi connectivity index (χ0v) is 8.56. The van der Waals surface area contributed by atoms with Crippen molar-refractivity contribution in [2.24, 2.45) is 0 Å². The van der Waals surface area contributed by atoms with E-state index in [0.29, 0.717) is 0 Å². The summed E-state index contributed by atoms with van der Waals surface area (Å²) < 4.78 is 38.1. The number of halogens is 4. The van der Waals surface area contributed by atoms with Crippen molar-refractivity contribution in [2.45, 2.75) is 18.4 Å². The van der Waals surface area contributed by atoms with Gasteiger partial charge in [-0.15, -0.1) is 0 Å². The first-order valence-electron chi connectivity index (χ1n) is 3.73. The highest BCUT2D eigenvalue weighted by atomic mass is 79.9. The molecule has 14 heavy (non-hydrogen) atoms. The lowest BCUT2D eigenvalue weighted by Gasteiger charge is -2.09. The van der Waals surface area contributed by atoms with Gasteiger partial charge in [0.25, 0.3) is 6.43 Å². The molecular formula is C8H7BrF3NO. The monoisotopic (exact) mass is 269 g/mol. The smallest absolute Gasteiger partial charge is 0.268 e. The van der Waals surface area contributed by atoms with Crippen molar-refractivity contribution < 1.29 is 18.3 Å². The van der Waals surface area contributed by atoms with Crippen molar-refractivity contribution in [1.29, 1.82) is 0 Å². The van der Waals surface area contributed by atoms with Crippen LogP contribution in [0, 0.1) is 5.82 Å². The maximum absolute atomic E-state index is 13.3. The van der Waals surface area contributed by atoms with E-state index < -0.39 is 24.4 Å². The predicted octanol–water partition coefficient (Wildman–Crippen LogP) is 2.55. The average molecular weight is 270 g/mol. The number of alkyl halides is 3. The zero-order valence-electron chi connectivity index (χ0n) is 6.98.